The zero-order valence-corrected chi connectivity index (χ0v) is 9.51. The molecule has 1 rings (SSSR count). The molecule has 0 spiro atoms. The van der Waals surface area contributed by atoms with Gasteiger partial charge in [0, 0.05) is 6.07 Å². The number of benzene rings is 1. The number of ether oxygens (including phenoxy) is 2. The highest BCUT2D eigenvalue weighted by molar-refractivity contribution is 7.80. The van der Waals surface area contributed by atoms with Crippen molar-refractivity contribution in [1.82, 2.24) is 0 Å². The average molecular weight is 212 g/mol. The highest BCUT2D eigenvalue weighted by Gasteiger charge is 2.00. The van der Waals surface area contributed by atoms with Crippen LogP contribution >= 0.6 is 12.6 Å². The van der Waals surface area contributed by atoms with E-state index in [1.54, 1.807) is 14.2 Å². The number of methoxy groups -OCH3 is 2. The molecule has 78 valence electrons. The van der Waals surface area contributed by atoms with Crippen molar-refractivity contribution in [2.45, 2.75) is 12.8 Å². The van der Waals surface area contributed by atoms with E-state index in [2.05, 4.69) is 12.6 Å². The van der Waals surface area contributed by atoms with Crippen LogP contribution in [-0.4, -0.2) is 20.0 Å². The van der Waals surface area contributed by atoms with Crippen LogP contribution in [0.1, 0.15) is 12.0 Å². The Bertz CT molecular complexity index is 264. The molecule has 2 nitrogen and oxygen atoms in total. The fraction of sp³-hybridized carbons (Fsp3) is 0.455. The number of hydrogen-bond donors (Lipinski definition) is 1. The number of aryl methyl sites for hydroxylation is 1. The SMILES string of the molecule is COc1cc(CCCS)cc(OC)c1. The minimum atomic E-state index is 0.846. The second-order valence-corrected chi connectivity index (χ2v) is 3.50. The lowest BCUT2D eigenvalue weighted by molar-refractivity contribution is 0.393. The van der Waals surface area contributed by atoms with Crippen LogP contribution in [0.5, 0.6) is 11.5 Å². The Morgan fingerprint density at radius 3 is 2.07 bits per heavy atom. The molecule has 0 aliphatic rings. The van der Waals surface area contributed by atoms with E-state index in [4.69, 9.17) is 9.47 Å². The maximum atomic E-state index is 5.18. The van der Waals surface area contributed by atoms with E-state index in [0.29, 0.717) is 0 Å². The van der Waals surface area contributed by atoms with Gasteiger partial charge in [-0.1, -0.05) is 0 Å². The summed E-state index contributed by atoms with van der Waals surface area (Å²) in [5.74, 6) is 2.59. The van der Waals surface area contributed by atoms with Crippen molar-refractivity contribution in [3.05, 3.63) is 23.8 Å². The molecule has 0 saturated carbocycles. The molecule has 1 aromatic carbocycles. The second-order valence-electron chi connectivity index (χ2n) is 3.05. The van der Waals surface area contributed by atoms with Crippen LogP contribution < -0.4 is 9.47 Å². The Morgan fingerprint density at radius 1 is 1.07 bits per heavy atom. The van der Waals surface area contributed by atoms with Crippen LogP contribution in [-0.2, 0) is 6.42 Å². The number of rotatable bonds is 5. The smallest absolute Gasteiger partial charge is 0.122 e. The standard InChI is InChI=1S/C11H16O2S/c1-12-10-6-9(4-3-5-14)7-11(8-10)13-2/h6-8,14H,3-5H2,1-2H3. The van der Waals surface area contributed by atoms with Gasteiger partial charge in [0.15, 0.2) is 0 Å². The van der Waals surface area contributed by atoms with Gasteiger partial charge in [0.25, 0.3) is 0 Å². The maximum absolute atomic E-state index is 5.18. The van der Waals surface area contributed by atoms with E-state index < -0.39 is 0 Å². The van der Waals surface area contributed by atoms with Crippen LogP contribution in [0.2, 0.25) is 0 Å². The highest BCUT2D eigenvalue weighted by Crippen LogP contribution is 2.23. The van der Waals surface area contributed by atoms with Crippen molar-refractivity contribution in [1.29, 1.82) is 0 Å². The van der Waals surface area contributed by atoms with Crippen LogP contribution in [0.25, 0.3) is 0 Å². The molecule has 0 radical (unpaired) electrons. The number of thiol groups is 1. The van der Waals surface area contributed by atoms with Crippen LogP contribution in [0.4, 0.5) is 0 Å². The van der Waals surface area contributed by atoms with Gasteiger partial charge < -0.3 is 9.47 Å². The van der Waals surface area contributed by atoms with Gasteiger partial charge in [-0.2, -0.15) is 12.6 Å². The fourth-order valence-corrected chi connectivity index (χ4v) is 1.45. The summed E-state index contributed by atoms with van der Waals surface area (Å²) in [5.41, 5.74) is 1.23. The van der Waals surface area contributed by atoms with Gasteiger partial charge in [0.2, 0.25) is 0 Å². The molecule has 0 fully saturated rings. The first-order valence-corrected chi connectivity index (χ1v) is 5.26. The summed E-state index contributed by atoms with van der Waals surface area (Å²) < 4.78 is 10.4. The van der Waals surface area contributed by atoms with E-state index in [-0.39, 0.29) is 0 Å². The third-order valence-electron chi connectivity index (χ3n) is 2.03. The topological polar surface area (TPSA) is 18.5 Å². The quantitative estimate of drug-likeness (QED) is 0.756. The normalized spacial score (nSPS) is 9.93. The minimum Gasteiger partial charge on any atom is -0.497 e. The van der Waals surface area contributed by atoms with Crippen molar-refractivity contribution in [2.75, 3.05) is 20.0 Å². The molecule has 0 aliphatic carbocycles. The van der Waals surface area contributed by atoms with E-state index in [9.17, 15) is 0 Å². The van der Waals surface area contributed by atoms with Gasteiger partial charge in [-0.15, -0.1) is 0 Å². The summed E-state index contributed by atoms with van der Waals surface area (Å²) in [4.78, 5) is 0. The highest BCUT2D eigenvalue weighted by atomic mass is 32.1. The molecule has 14 heavy (non-hydrogen) atoms. The van der Waals surface area contributed by atoms with Gasteiger partial charge in [-0.3, -0.25) is 0 Å². The lowest BCUT2D eigenvalue weighted by atomic mass is 10.1. The van der Waals surface area contributed by atoms with Crippen molar-refractivity contribution in [2.24, 2.45) is 0 Å². The fourth-order valence-electron chi connectivity index (χ4n) is 1.29. The molecular formula is C11H16O2S. The first-order valence-electron chi connectivity index (χ1n) is 4.63. The van der Waals surface area contributed by atoms with Gasteiger partial charge >= 0.3 is 0 Å². The molecule has 3 heteroatoms. The molecular weight excluding hydrogens is 196 g/mol. The average Bonchev–Trinajstić information content (AvgIpc) is 2.25. The summed E-state index contributed by atoms with van der Waals surface area (Å²) >= 11 is 4.19. The Kier molecular flexibility index (Phi) is 4.66. The molecule has 0 unspecified atom stereocenters. The van der Waals surface area contributed by atoms with Crippen molar-refractivity contribution >= 4 is 12.6 Å². The van der Waals surface area contributed by atoms with Crippen molar-refractivity contribution in [3.8, 4) is 11.5 Å². The lowest BCUT2D eigenvalue weighted by Gasteiger charge is -2.07. The second kappa shape index (κ2) is 5.81. The Balaban J connectivity index is 2.81. The largest absolute Gasteiger partial charge is 0.497 e. The monoisotopic (exact) mass is 212 g/mol. The molecule has 1 aromatic rings. The lowest BCUT2D eigenvalue weighted by Crippen LogP contribution is -1.92. The molecule has 0 aliphatic heterocycles. The molecule has 0 aromatic heterocycles. The molecule has 0 heterocycles. The predicted molar refractivity (Wildman–Crippen MR) is 61.7 cm³/mol. The summed E-state index contributed by atoms with van der Waals surface area (Å²) in [6.45, 7) is 0. The molecule has 0 amide bonds. The third kappa shape index (κ3) is 3.14. The van der Waals surface area contributed by atoms with E-state index in [0.717, 1.165) is 30.1 Å². The van der Waals surface area contributed by atoms with Gasteiger partial charge in [0.1, 0.15) is 11.5 Å². The van der Waals surface area contributed by atoms with E-state index >= 15 is 0 Å². The Labute approximate surface area is 90.6 Å². The van der Waals surface area contributed by atoms with Crippen LogP contribution in [0.3, 0.4) is 0 Å². The summed E-state index contributed by atoms with van der Waals surface area (Å²) in [6, 6.07) is 5.95. The summed E-state index contributed by atoms with van der Waals surface area (Å²) in [7, 11) is 3.33. The molecule has 0 N–H and O–H groups in total. The summed E-state index contributed by atoms with van der Waals surface area (Å²) in [6.07, 6.45) is 2.08. The first kappa shape index (κ1) is 11.2. The van der Waals surface area contributed by atoms with Crippen LogP contribution in [0, 0.1) is 0 Å². The van der Waals surface area contributed by atoms with Gasteiger partial charge in [0.05, 0.1) is 14.2 Å². The van der Waals surface area contributed by atoms with E-state index in [1.807, 2.05) is 18.2 Å². The van der Waals surface area contributed by atoms with E-state index in [1.165, 1.54) is 5.56 Å². The zero-order chi connectivity index (χ0) is 10.4. The molecule has 0 atom stereocenters. The maximum Gasteiger partial charge on any atom is 0.122 e. The van der Waals surface area contributed by atoms with Crippen molar-refractivity contribution < 1.29 is 9.47 Å². The van der Waals surface area contributed by atoms with Gasteiger partial charge in [-0.25, -0.2) is 0 Å². The first-order chi connectivity index (χ1) is 6.80. The van der Waals surface area contributed by atoms with Gasteiger partial charge in [-0.05, 0) is 36.3 Å². The zero-order valence-electron chi connectivity index (χ0n) is 8.62. The minimum absolute atomic E-state index is 0.846. The predicted octanol–water partition coefficient (Wildman–Crippen LogP) is 2.57. The molecule has 0 bridgehead atoms. The Morgan fingerprint density at radius 2 is 1.64 bits per heavy atom. The molecule has 0 saturated heterocycles. The third-order valence-corrected chi connectivity index (χ3v) is 2.35. The van der Waals surface area contributed by atoms with Crippen molar-refractivity contribution in [3.63, 3.8) is 0 Å². The number of hydrogen-bond acceptors (Lipinski definition) is 3. The summed E-state index contributed by atoms with van der Waals surface area (Å²) in [5, 5.41) is 0. The Hall–Kier alpha value is -0.830. The van der Waals surface area contributed by atoms with Crippen LogP contribution in [0.15, 0.2) is 18.2 Å².